The van der Waals surface area contributed by atoms with Gasteiger partial charge in [0.25, 0.3) is 5.91 Å². The quantitative estimate of drug-likeness (QED) is 0.521. The number of nitrogens with zero attached hydrogens (tertiary/aromatic N) is 5. The number of rotatable bonds is 9. The van der Waals surface area contributed by atoms with Crippen molar-refractivity contribution >= 4 is 17.7 Å². The van der Waals surface area contributed by atoms with Gasteiger partial charge in [-0.3, -0.25) is 9.69 Å². The summed E-state index contributed by atoms with van der Waals surface area (Å²) in [6.07, 6.45) is 5.20. The second kappa shape index (κ2) is 11.1. The zero-order valence-electron chi connectivity index (χ0n) is 20.0. The van der Waals surface area contributed by atoms with Crippen LogP contribution < -0.4 is 10.2 Å². The maximum atomic E-state index is 12.4. The molecule has 0 radical (unpaired) electrons. The average Bonchev–Trinajstić information content (AvgIpc) is 3.41. The molecule has 1 N–H and O–H groups in total. The fourth-order valence-corrected chi connectivity index (χ4v) is 3.93. The summed E-state index contributed by atoms with van der Waals surface area (Å²) in [6.45, 7) is 4.12. The molecule has 1 aliphatic rings. The number of ether oxygens (including phenoxy) is 1. The highest BCUT2D eigenvalue weighted by Gasteiger charge is 2.19. The Hall–Kier alpha value is -3.43. The number of aromatic nitrogens is 3. The van der Waals surface area contributed by atoms with Gasteiger partial charge in [0.15, 0.2) is 11.6 Å². The number of carbonyl (C=O) groups is 1. The largest absolute Gasteiger partial charge is 0.453 e. The Balaban J connectivity index is 1.28. The van der Waals surface area contributed by atoms with Gasteiger partial charge in [-0.15, -0.1) is 10.2 Å². The highest BCUT2D eigenvalue weighted by Crippen LogP contribution is 2.14. The van der Waals surface area contributed by atoms with Crippen LogP contribution in [0.5, 0.6) is 0 Å². The van der Waals surface area contributed by atoms with E-state index in [0.29, 0.717) is 18.9 Å². The second-order valence-corrected chi connectivity index (χ2v) is 8.50. The molecule has 0 saturated heterocycles. The Bertz CT molecular complexity index is 1120. The predicted molar refractivity (Wildman–Crippen MR) is 131 cm³/mol. The summed E-state index contributed by atoms with van der Waals surface area (Å²) < 4.78 is 12.6. The first-order chi connectivity index (χ1) is 16.5. The van der Waals surface area contributed by atoms with E-state index in [1.54, 1.807) is 19.2 Å². The monoisotopic (exact) mass is 464 g/mol. The van der Waals surface area contributed by atoms with E-state index in [1.165, 1.54) is 11.3 Å². The lowest BCUT2D eigenvalue weighted by Gasteiger charge is -2.17. The van der Waals surface area contributed by atoms with Crippen LogP contribution in [0.3, 0.4) is 0 Å². The van der Waals surface area contributed by atoms with Crippen LogP contribution >= 0.6 is 0 Å². The van der Waals surface area contributed by atoms with Crippen LogP contribution in [0.4, 0.5) is 5.69 Å². The van der Waals surface area contributed by atoms with Crippen molar-refractivity contribution in [1.29, 1.82) is 0 Å². The second-order valence-electron chi connectivity index (χ2n) is 8.50. The van der Waals surface area contributed by atoms with E-state index in [4.69, 9.17) is 9.15 Å². The number of hydrogen-bond acceptors (Lipinski definition) is 7. The smallest absolute Gasteiger partial charge is 0.287 e. The molecule has 0 unspecified atom stereocenters. The molecule has 3 heterocycles. The number of carbonyl (C=O) groups excluding carboxylic acids is 1. The Morgan fingerprint density at radius 1 is 1.15 bits per heavy atom. The lowest BCUT2D eigenvalue weighted by molar-refractivity contribution is 0.0913. The third-order valence-corrected chi connectivity index (χ3v) is 5.86. The molecule has 1 aliphatic heterocycles. The van der Waals surface area contributed by atoms with E-state index in [-0.39, 0.29) is 11.7 Å². The molecule has 4 rings (SSSR count). The van der Waals surface area contributed by atoms with E-state index in [9.17, 15) is 4.79 Å². The van der Waals surface area contributed by atoms with Crippen molar-refractivity contribution in [3.8, 4) is 0 Å². The van der Waals surface area contributed by atoms with Crippen LogP contribution in [0, 0.1) is 0 Å². The molecular weight excluding hydrogens is 432 g/mol. The van der Waals surface area contributed by atoms with E-state index < -0.39 is 0 Å². The zero-order valence-corrected chi connectivity index (χ0v) is 20.0. The summed E-state index contributed by atoms with van der Waals surface area (Å²) in [6, 6.07) is 11.9. The highest BCUT2D eigenvalue weighted by atomic mass is 16.5. The summed E-state index contributed by atoms with van der Waals surface area (Å²) in [5, 5.41) is 11.5. The third kappa shape index (κ3) is 5.92. The summed E-state index contributed by atoms with van der Waals surface area (Å²) in [5.41, 5.74) is 2.39. The highest BCUT2D eigenvalue weighted by molar-refractivity contribution is 5.91. The standard InChI is InChI=1S/C25H32N6O3/c1-29(2)20-8-6-19(7-9-20)5-4-13-30-14-12-23-27-28-24(31(23)16-15-30)17-26-25(32)22-11-10-21(34-22)18-33-3/h4-11H,12-18H2,1-3H3,(H,26,32)/b5-4+. The van der Waals surface area contributed by atoms with E-state index in [1.807, 2.05) is 14.1 Å². The minimum atomic E-state index is -0.279. The molecule has 2 aromatic heterocycles. The van der Waals surface area contributed by atoms with Gasteiger partial charge in [-0.1, -0.05) is 24.3 Å². The molecule has 0 atom stereocenters. The van der Waals surface area contributed by atoms with Gasteiger partial charge in [-0.05, 0) is 29.8 Å². The van der Waals surface area contributed by atoms with Gasteiger partial charge in [0, 0.05) is 59.5 Å². The zero-order chi connectivity index (χ0) is 23.9. The number of furan rings is 1. The summed E-state index contributed by atoms with van der Waals surface area (Å²) >= 11 is 0. The van der Waals surface area contributed by atoms with Crippen molar-refractivity contribution in [3.63, 3.8) is 0 Å². The van der Waals surface area contributed by atoms with Crippen LogP contribution in [0.15, 0.2) is 46.9 Å². The van der Waals surface area contributed by atoms with E-state index >= 15 is 0 Å². The fraction of sp³-hybridized carbons (Fsp3) is 0.400. The molecule has 34 heavy (non-hydrogen) atoms. The van der Waals surface area contributed by atoms with Gasteiger partial charge in [0.1, 0.15) is 18.2 Å². The Kier molecular flexibility index (Phi) is 7.76. The van der Waals surface area contributed by atoms with Crippen molar-refractivity contribution in [3.05, 3.63) is 71.2 Å². The number of benzene rings is 1. The molecule has 0 aliphatic carbocycles. The van der Waals surface area contributed by atoms with Crippen molar-refractivity contribution in [2.24, 2.45) is 0 Å². The minimum Gasteiger partial charge on any atom is -0.453 e. The van der Waals surface area contributed by atoms with Crippen LogP contribution in [-0.2, 0) is 30.9 Å². The Morgan fingerprint density at radius 2 is 1.97 bits per heavy atom. The maximum Gasteiger partial charge on any atom is 0.287 e. The van der Waals surface area contributed by atoms with Crippen molar-refractivity contribution in [1.82, 2.24) is 25.0 Å². The molecule has 1 amide bonds. The fourth-order valence-electron chi connectivity index (χ4n) is 3.93. The van der Waals surface area contributed by atoms with Crippen molar-refractivity contribution in [2.45, 2.75) is 26.1 Å². The normalized spacial score (nSPS) is 14.2. The molecule has 0 fully saturated rings. The van der Waals surface area contributed by atoms with Gasteiger partial charge >= 0.3 is 0 Å². The molecule has 180 valence electrons. The van der Waals surface area contributed by atoms with Crippen molar-refractivity contribution < 1.29 is 13.9 Å². The molecule has 0 spiro atoms. The minimum absolute atomic E-state index is 0.261. The summed E-state index contributed by atoms with van der Waals surface area (Å²) in [4.78, 5) is 16.9. The van der Waals surface area contributed by atoms with Crippen LogP contribution in [0.2, 0.25) is 0 Å². The predicted octanol–water partition coefficient (Wildman–Crippen LogP) is 2.58. The van der Waals surface area contributed by atoms with Gasteiger partial charge in [0.05, 0.1) is 6.54 Å². The van der Waals surface area contributed by atoms with E-state index in [0.717, 1.165) is 44.2 Å². The number of methoxy groups -OCH3 is 1. The molecule has 3 aromatic rings. The first kappa shape index (κ1) is 23.7. The first-order valence-corrected chi connectivity index (χ1v) is 11.5. The number of nitrogens with one attached hydrogen (secondary N) is 1. The topological polar surface area (TPSA) is 88.7 Å². The molecule has 9 nitrogen and oxygen atoms in total. The molecule has 9 heteroatoms. The Morgan fingerprint density at radius 3 is 2.74 bits per heavy atom. The molecular formula is C25H32N6O3. The molecule has 0 bridgehead atoms. The van der Waals surface area contributed by atoms with E-state index in [2.05, 4.69) is 66.3 Å². The van der Waals surface area contributed by atoms with Crippen LogP contribution in [0.25, 0.3) is 6.08 Å². The Labute approximate surface area is 200 Å². The SMILES string of the molecule is COCc1ccc(C(=O)NCc2nnc3n2CCN(C/C=C/c2ccc(N(C)C)cc2)CC3)o1. The summed E-state index contributed by atoms with van der Waals surface area (Å²) in [5.74, 6) is 2.31. The first-order valence-electron chi connectivity index (χ1n) is 11.5. The molecule has 0 saturated carbocycles. The number of amides is 1. The van der Waals surface area contributed by atoms with Crippen LogP contribution in [0.1, 0.15) is 33.5 Å². The number of fused-ring (bicyclic) bond motifs is 1. The van der Waals surface area contributed by atoms with Gasteiger partial charge in [-0.25, -0.2) is 0 Å². The van der Waals surface area contributed by atoms with Gasteiger partial charge < -0.3 is 23.9 Å². The third-order valence-electron chi connectivity index (χ3n) is 5.86. The lowest BCUT2D eigenvalue weighted by atomic mass is 10.2. The number of hydrogen-bond donors (Lipinski definition) is 1. The van der Waals surface area contributed by atoms with Gasteiger partial charge in [0.2, 0.25) is 0 Å². The average molecular weight is 465 g/mol. The maximum absolute atomic E-state index is 12.4. The van der Waals surface area contributed by atoms with Gasteiger partial charge in [-0.2, -0.15) is 0 Å². The lowest BCUT2D eigenvalue weighted by Crippen LogP contribution is -2.28. The number of anilines is 1. The summed E-state index contributed by atoms with van der Waals surface area (Å²) in [7, 11) is 5.67. The van der Waals surface area contributed by atoms with Crippen LogP contribution in [-0.4, -0.2) is 66.4 Å². The molecule has 1 aromatic carbocycles. The van der Waals surface area contributed by atoms with Crippen molar-refractivity contribution in [2.75, 3.05) is 45.7 Å².